The summed E-state index contributed by atoms with van der Waals surface area (Å²) in [4.78, 5) is 0. The number of ether oxygens (including phenoxy) is 3. The van der Waals surface area contributed by atoms with Crippen LogP contribution >= 0.6 is 0 Å². The average molecular weight is 328 g/mol. The molecule has 4 heteroatoms. The second-order valence-corrected chi connectivity index (χ2v) is 5.97. The molecule has 1 unspecified atom stereocenters. The summed E-state index contributed by atoms with van der Waals surface area (Å²) < 4.78 is 16.9. The van der Waals surface area contributed by atoms with E-state index < -0.39 is 6.10 Å². The fourth-order valence-corrected chi connectivity index (χ4v) is 2.77. The second-order valence-electron chi connectivity index (χ2n) is 5.97. The molecular formula is C20H24O4. The van der Waals surface area contributed by atoms with Gasteiger partial charge in [-0.2, -0.15) is 0 Å². The maximum absolute atomic E-state index is 10.1. The van der Waals surface area contributed by atoms with E-state index in [9.17, 15) is 5.11 Å². The minimum atomic E-state index is -0.642. The first-order chi connectivity index (χ1) is 11.8. The average Bonchev–Trinajstić information content (AvgIpc) is 2.66. The van der Waals surface area contributed by atoms with Gasteiger partial charge in [0.15, 0.2) is 0 Å². The molecule has 0 spiro atoms. The first-order valence-electron chi connectivity index (χ1n) is 8.47. The van der Waals surface area contributed by atoms with Crippen LogP contribution in [0.4, 0.5) is 0 Å². The molecule has 0 radical (unpaired) electrons. The zero-order valence-electron chi connectivity index (χ0n) is 13.8. The van der Waals surface area contributed by atoms with Crippen LogP contribution in [0, 0.1) is 0 Å². The van der Waals surface area contributed by atoms with Crippen molar-refractivity contribution in [1.82, 2.24) is 0 Å². The molecule has 4 nitrogen and oxygen atoms in total. The molecule has 1 aliphatic rings. The molecule has 1 fully saturated rings. The molecule has 128 valence electrons. The lowest BCUT2D eigenvalue weighted by Gasteiger charge is -2.24. The van der Waals surface area contributed by atoms with Gasteiger partial charge >= 0.3 is 0 Å². The summed E-state index contributed by atoms with van der Waals surface area (Å²) >= 11 is 0. The zero-order chi connectivity index (χ0) is 16.6. The Balaban J connectivity index is 1.53. The van der Waals surface area contributed by atoms with Gasteiger partial charge in [0.05, 0.1) is 12.7 Å². The largest absolute Gasteiger partial charge is 0.490 e. The summed E-state index contributed by atoms with van der Waals surface area (Å²) in [5, 5.41) is 10.1. The van der Waals surface area contributed by atoms with Crippen molar-refractivity contribution in [2.45, 2.75) is 25.0 Å². The molecule has 0 saturated carbocycles. The predicted molar refractivity (Wildman–Crippen MR) is 93.2 cm³/mol. The molecule has 1 N–H and O–H groups in total. The van der Waals surface area contributed by atoms with Crippen molar-refractivity contribution in [3.8, 4) is 16.9 Å². The van der Waals surface area contributed by atoms with Crippen molar-refractivity contribution >= 4 is 0 Å². The van der Waals surface area contributed by atoms with Gasteiger partial charge in [-0.1, -0.05) is 48.5 Å². The molecule has 24 heavy (non-hydrogen) atoms. The van der Waals surface area contributed by atoms with Crippen LogP contribution in [0.2, 0.25) is 0 Å². The van der Waals surface area contributed by atoms with Gasteiger partial charge < -0.3 is 19.3 Å². The van der Waals surface area contributed by atoms with E-state index in [0.717, 1.165) is 42.9 Å². The van der Waals surface area contributed by atoms with E-state index in [1.165, 1.54) is 0 Å². The number of para-hydroxylation sites is 1. The van der Waals surface area contributed by atoms with E-state index in [2.05, 4.69) is 0 Å². The minimum absolute atomic E-state index is 0.185. The summed E-state index contributed by atoms with van der Waals surface area (Å²) in [5.74, 6) is 0.772. The van der Waals surface area contributed by atoms with E-state index in [-0.39, 0.29) is 19.3 Å². The van der Waals surface area contributed by atoms with Gasteiger partial charge in [0.2, 0.25) is 0 Å². The van der Waals surface area contributed by atoms with Crippen molar-refractivity contribution in [3.63, 3.8) is 0 Å². The third-order valence-corrected chi connectivity index (χ3v) is 4.10. The maximum Gasteiger partial charge on any atom is 0.127 e. The summed E-state index contributed by atoms with van der Waals surface area (Å²) in [6.07, 6.45) is 1.33. The summed E-state index contributed by atoms with van der Waals surface area (Å²) in [7, 11) is 0. The Kier molecular flexibility index (Phi) is 6.24. The highest BCUT2D eigenvalue weighted by Crippen LogP contribution is 2.29. The van der Waals surface area contributed by atoms with Gasteiger partial charge in [0, 0.05) is 18.8 Å². The Morgan fingerprint density at radius 2 is 1.67 bits per heavy atom. The van der Waals surface area contributed by atoms with Crippen LogP contribution in [0.5, 0.6) is 5.75 Å². The molecule has 0 aliphatic carbocycles. The third-order valence-electron chi connectivity index (χ3n) is 4.10. The summed E-state index contributed by atoms with van der Waals surface area (Å²) in [6.45, 7) is 1.98. The lowest BCUT2D eigenvalue weighted by atomic mass is 10.1. The Morgan fingerprint density at radius 3 is 2.46 bits per heavy atom. The maximum atomic E-state index is 10.1. The predicted octanol–water partition coefficient (Wildman–Crippen LogP) is 3.29. The van der Waals surface area contributed by atoms with Gasteiger partial charge in [-0.15, -0.1) is 0 Å². The van der Waals surface area contributed by atoms with Crippen molar-refractivity contribution < 1.29 is 19.3 Å². The molecule has 1 saturated heterocycles. The standard InChI is InChI=1S/C20H24O4/c21-17(14-23-18-10-12-22-13-11-18)15-24-20-9-5-4-8-19(20)16-6-2-1-3-7-16/h1-9,17-18,21H,10-15H2. The highest BCUT2D eigenvalue weighted by molar-refractivity contribution is 5.70. The monoisotopic (exact) mass is 328 g/mol. The van der Waals surface area contributed by atoms with E-state index >= 15 is 0 Å². The van der Waals surface area contributed by atoms with Crippen molar-refractivity contribution in [1.29, 1.82) is 0 Å². The smallest absolute Gasteiger partial charge is 0.127 e. The summed E-state index contributed by atoms with van der Waals surface area (Å²) in [5.41, 5.74) is 2.12. The molecule has 0 aromatic heterocycles. The van der Waals surface area contributed by atoms with E-state index in [0.29, 0.717) is 0 Å². The van der Waals surface area contributed by atoms with E-state index in [4.69, 9.17) is 14.2 Å². The van der Waals surface area contributed by atoms with Gasteiger partial charge in [-0.25, -0.2) is 0 Å². The topological polar surface area (TPSA) is 47.9 Å². The molecule has 0 amide bonds. The van der Waals surface area contributed by atoms with Gasteiger partial charge in [0.1, 0.15) is 18.5 Å². The fourth-order valence-electron chi connectivity index (χ4n) is 2.77. The van der Waals surface area contributed by atoms with Crippen LogP contribution in [0.25, 0.3) is 11.1 Å². The number of aliphatic hydroxyl groups excluding tert-OH is 1. The Bertz CT molecular complexity index is 608. The minimum Gasteiger partial charge on any atom is -0.490 e. The lowest BCUT2D eigenvalue weighted by molar-refractivity contribution is -0.0659. The molecule has 3 rings (SSSR count). The zero-order valence-corrected chi connectivity index (χ0v) is 13.8. The third kappa shape index (κ3) is 4.81. The van der Waals surface area contributed by atoms with E-state index in [1.54, 1.807) is 0 Å². The Morgan fingerprint density at radius 1 is 0.958 bits per heavy atom. The molecule has 1 atom stereocenters. The first kappa shape index (κ1) is 17.0. The number of hydrogen-bond donors (Lipinski definition) is 1. The first-order valence-corrected chi connectivity index (χ1v) is 8.47. The molecule has 2 aromatic rings. The van der Waals surface area contributed by atoms with Crippen LogP contribution in [0.15, 0.2) is 54.6 Å². The van der Waals surface area contributed by atoms with Crippen molar-refractivity contribution in [3.05, 3.63) is 54.6 Å². The van der Waals surface area contributed by atoms with Crippen LogP contribution in [0.1, 0.15) is 12.8 Å². The number of benzene rings is 2. The second kappa shape index (κ2) is 8.83. The quantitative estimate of drug-likeness (QED) is 0.847. The molecule has 0 bridgehead atoms. The SMILES string of the molecule is OC(COc1ccccc1-c1ccccc1)COC1CCOCC1. The van der Waals surface area contributed by atoms with Gasteiger partial charge in [-0.05, 0) is 24.5 Å². The lowest BCUT2D eigenvalue weighted by Crippen LogP contribution is -2.30. The number of rotatable bonds is 7. The molecule has 1 aliphatic heterocycles. The normalized spacial score (nSPS) is 16.7. The van der Waals surface area contributed by atoms with Crippen molar-refractivity contribution in [2.24, 2.45) is 0 Å². The molecule has 2 aromatic carbocycles. The summed E-state index contributed by atoms with van der Waals surface area (Å²) in [6, 6.07) is 18.0. The van der Waals surface area contributed by atoms with Crippen molar-refractivity contribution in [2.75, 3.05) is 26.4 Å². The molecule has 1 heterocycles. The number of aliphatic hydroxyl groups is 1. The van der Waals surface area contributed by atoms with Crippen LogP contribution in [-0.4, -0.2) is 43.7 Å². The Labute approximate surface area is 143 Å². The van der Waals surface area contributed by atoms with Crippen LogP contribution in [-0.2, 0) is 9.47 Å². The van der Waals surface area contributed by atoms with Gasteiger partial charge in [-0.3, -0.25) is 0 Å². The number of hydrogen-bond acceptors (Lipinski definition) is 4. The van der Waals surface area contributed by atoms with Gasteiger partial charge in [0.25, 0.3) is 0 Å². The fraction of sp³-hybridized carbons (Fsp3) is 0.400. The van der Waals surface area contributed by atoms with Crippen LogP contribution < -0.4 is 4.74 Å². The Hall–Kier alpha value is -1.88. The van der Waals surface area contributed by atoms with Crippen LogP contribution in [0.3, 0.4) is 0 Å². The van der Waals surface area contributed by atoms with E-state index in [1.807, 2.05) is 54.6 Å². The molecular weight excluding hydrogens is 304 g/mol. The highest BCUT2D eigenvalue weighted by Gasteiger charge is 2.16. The highest BCUT2D eigenvalue weighted by atomic mass is 16.5.